The van der Waals surface area contributed by atoms with Gasteiger partial charge in [-0.15, -0.1) is 0 Å². The third kappa shape index (κ3) is 1.70. The van der Waals surface area contributed by atoms with Crippen LogP contribution in [0.15, 0.2) is 42.5 Å². The van der Waals surface area contributed by atoms with Crippen LogP contribution in [-0.2, 0) is 9.47 Å². The molecule has 5 rings (SSSR count). The SMILES string of the molecule is COc1ccc2c(c1)[C@@H]1c3ccccc3[C@H]2[C@@H](OC)[C@H]1OC. The Hall–Kier alpha value is -1.84. The largest absolute Gasteiger partial charge is 0.497 e. The summed E-state index contributed by atoms with van der Waals surface area (Å²) in [6, 6.07) is 15.0. The van der Waals surface area contributed by atoms with Crippen LogP contribution in [0.2, 0.25) is 0 Å². The van der Waals surface area contributed by atoms with Gasteiger partial charge in [-0.1, -0.05) is 30.3 Å². The van der Waals surface area contributed by atoms with Crippen LogP contribution in [0.5, 0.6) is 5.75 Å². The highest BCUT2D eigenvalue weighted by Gasteiger charge is 2.50. The summed E-state index contributed by atoms with van der Waals surface area (Å²) in [5.74, 6) is 1.31. The van der Waals surface area contributed by atoms with Gasteiger partial charge >= 0.3 is 0 Å². The molecule has 0 heterocycles. The molecule has 2 bridgehead atoms. The van der Waals surface area contributed by atoms with E-state index in [0.29, 0.717) is 0 Å². The molecule has 0 unspecified atom stereocenters. The Morgan fingerprint density at radius 1 is 0.682 bits per heavy atom. The van der Waals surface area contributed by atoms with Crippen molar-refractivity contribution in [3.05, 3.63) is 64.7 Å². The van der Waals surface area contributed by atoms with E-state index in [1.165, 1.54) is 22.3 Å². The van der Waals surface area contributed by atoms with Crippen molar-refractivity contribution in [1.29, 1.82) is 0 Å². The second-order valence-electron chi connectivity index (χ2n) is 5.98. The highest BCUT2D eigenvalue weighted by Crippen LogP contribution is 2.54. The smallest absolute Gasteiger partial charge is 0.119 e. The van der Waals surface area contributed by atoms with Crippen molar-refractivity contribution in [2.75, 3.05) is 21.3 Å². The molecule has 0 fully saturated rings. The second-order valence-corrected chi connectivity index (χ2v) is 5.98. The maximum absolute atomic E-state index is 5.85. The molecule has 0 saturated carbocycles. The third-order valence-electron chi connectivity index (χ3n) is 5.16. The first-order valence-corrected chi connectivity index (χ1v) is 7.62. The van der Waals surface area contributed by atoms with E-state index in [9.17, 15) is 0 Å². The summed E-state index contributed by atoms with van der Waals surface area (Å²) in [5, 5.41) is 0. The number of ether oxygens (including phenoxy) is 3. The minimum atomic E-state index is 0.0320. The summed E-state index contributed by atoms with van der Waals surface area (Å²) in [7, 11) is 5.27. The zero-order chi connectivity index (χ0) is 15.3. The van der Waals surface area contributed by atoms with Gasteiger partial charge in [-0.05, 0) is 34.4 Å². The standard InChI is InChI=1S/C19H20O3/c1-20-11-8-9-14-15(10-11)17-13-7-5-4-6-12(13)16(14)18(21-2)19(17)22-3/h4-10,16-19H,1-3H3/t16-,17+,18-,19+/m1/s1. The molecule has 3 aliphatic carbocycles. The molecule has 0 spiro atoms. The van der Waals surface area contributed by atoms with Crippen molar-refractivity contribution in [1.82, 2.24) is 0 Å². The Morgan fingerprint density at radius 2 is 1.23 bits per heavy atom. The second kappa shape index (κ2) is 5.11. The highest BCUT2D eigenvalue weighted by molar-refractivity contribution is 5.59. The number of fused-ring (bicyclic) bond motifs is 1. The summed E-state index contributed by atoms with van der Waals surface area (Å²) < 4.78 is 17.1. The molecule has 3 aliphatic rings. The van der Waals surface area contributed by atoms with E-state index in [0.717, 1.165) is 5.75 Å². The van der Waals surface area contributed by atoms with Gasteiger partial charge in [0, 0.05) is 26.1 Å². The van der Waals surface area contributed by atoms with Crippen LogP contribution in [0, 0.1) is 0 Å². The Labute approximate surface area is 130 Å². The Bertz CT molecular complexity index is 710. The highest BCUT2D eigenvalue weighted by atomic mass is 16.5. The number of hydrogen-bond acceptors (Lipinski definition) is 3. The number of hydrogen-bond donors (Lipinski definition) is 0. The summed E-state index contributed by atoms with van der Waals surface area (Å²) in [5.41, 5.74) is 5.37. The molecule has 0 aliphatic heterocycles. The molecule has 0 amide bonds. The zero-order valence-corrected chi connectivity index (χ0v) is 13.1. The van der Waals surface area contributed by atoms with Gasteiger partial charge < -0.3 is 14.2 Å². The van der Waals surface area contributed by atoms with E-state index in [1.807, 2.05) is 6.07 Å². The fourth-order valence-electron chi connectivity index (χ4n) is 4.27. The molecule has 0 radical (unpaired) electrons. The van der Waals surface area contributed by atoms with Crippen molar-refractivity contribution < 1.29 is 14.2 Å². The van der Waals surface area contributed by atoms with Gasteiger partial charge in [0.15, 0.2) is 0 Å². The molecule has 4 atom stereocenters. The summed E-state index contributed by atoms with van der Waals surface area (Å²) >= 11 is 0. The van der Waals surface area contributed by atoms with Crippen LogP contribution < -0.4 is 4.74 Å². The summed E-state index contributed by atoms with van der Waals surface area (Å²) in [6.07, 6.45) is 0.0790. The molecule has 3 nitrogen and oxygen atoms in total. The first kappa shape index (κ1) is 13.8. The maximum atomic E-state index is 5.85. The van der Waals surface area contributed by atoms with Gasteiger partial charge in [0.25, 0.3) is 0 Å². The van der Waals surface area contributed by atoms with Gasteiger partial charge in [-0.2, -0.15) is 0 Å². The average Bonchev–Trinajstić information content (AvgIpc) is 2.60. The predicted molar refractivity (Wildman–Crippen MR) is 84.7 cm³/mol. The fraction of sp³-hybridized carbons (Fsp3) is 0.368. The summed E-state index contributed by atoms with van der Waals surface area (Å²) in [6.45, 7) is 0. The van der Waals surface area contributed by atoms with Crippen LogP contribution in [0.25, 0.3) is 0 Å². The molecular formula is C19H20O3. The molecule has 2 aromatic carbocycles. The van der Waals surface area contributed by atoms with Crippen molar-refractivity contribution in [2.24, 2.45) is 0 Å². The van der Waals surface area contributed by atoms with Gasteiger partial charge in [-0.3, -0.25) is 0 Å². The van der Waals surface area contributed by atoms with E-state index >= 15 is 0 Å². The fourth-order valence-corrected chi connectivity index (χ4v) is 4.27. The lowest BCUT2D eigenvalue weighted by atomic mass is 9.61. The van der Waals surface area contributed by atoms with E-state index in [4.69, 9.17) is 14.2 Å². The normalized spacial score (nSPS) is 28.1. The van der Waals surface area contributed by atoms with E-state index in [-0.39, 0.29) is 24.0 Å². The predicted octanol–water partition coefficient (Wildman–Crippen LogP) is 3.32. The zero-order valence-electron chi connectivity index (χ0n) is 13.1. The van der Waals surface area contributed by atoms with Crippen LogP contribution in [0.4, 0.5) is 0 Å². The minimum absolute atomic E-state index is 0.0320. The quantitative estimate of drug-likeness (QED) is 0.869. The van der Waals surface area contributed by atoms with Gasteiger partial charge in [0.2, 0.25) is 0 Å². The Kier molecular flexibility index (Phi) is 3.21. The molecule has 2 aromatic rings. The number of benzene rings is 2. The van der Waals surface area contributed by atoms with Crippen molar-refractivity contribution >= 4 is 0 Å². The van der Waals surface area contributed by atoms with E-state index < -0.39 is 0 Å². The van der Waals surface area contributed by atoms with Crippen LogP contribution in [-0.4, -0.2) is 33.5 Å². The first-order chi connectivity index (χ1) is 10.8. The van der Waals surface area contributed by atoms with Gasteiger partial charge in [0.1, 0.15) is 5.75 Å². The Morgan fingerprint density at radius 3 is 1.77 bits per heavy atom. The van der Waals surface area contributed by atoms with Crippen LogP contribution in [0.3, 0.4) is 0 Å². The average molecular weight is 296 g/mol. The summed E-state index contributed by atoms with van der Waals surface area (Å²) in [4.78, 5) is 0. The Balaban J connectivity index is 1.98. The van der Waals surface area contributed by atoms with Crippen molar-refractivity contribution in [2.45, 2.75) is 24.0 Å². The molecule has 3 heteroatoms. The molecule has 0 N–H and O–H groups in total. The monoisotopic (exact) mass is 296 g/mol. The molecular weight excluding hydrogens is 276 g/mol. The van der Waals surface area contributed by atoms with Crippen LogP contribution >= 0.6 is 0 Å². The molecule has 22 heavy (non-hydrogen) atoms. The lowest BCUT2D eigenvalue weighted by molar-refractivity contribution is -0.0637. The topological polar surface area (TPSA) is 27.7 Å². The lowest BCUT2D eigenvalue weighted by Gasteiger charge is -2.49. The number of rotatable bonds is 3. The van der Waals surface area contributed by atoms with Crippen molar-refractivity contribution in [3.63, 3.8) is 0 Å². The number of methoxy groups -OCH3 is 3. The molecule has 0 aromatic heterocycles. The van der Waals surface area contributed by atoms with Gasteiger partial charge in [-0.25, -0.2) is 0 Å². The molecule has 114 valence electrons. The minimum Gasteiger partial charge on any atom is -0.497 e. The van der Waals surface area contributed by atoms with Crippen LogP contribution in [0.1, 0.15) is 34.1 Å². The maximum Gasteiger partial charge on any atom is 0.119 e. The lowest BCUT2D eigenvalue weighted by Crippen LogP contribution is -2.49. The first-order valence-electron chi connectivity index (χ1n) is 7.62. The van der Waals surface area contributed by atoms with E-state index in [1.54, 1.807) is 21.3 Å². The van der Waals surface area contributed by atoms with E-state index in [2.05, 4.69) is 36.4 Å². The van der Waals surface area contributed by atoms with Crippen molar-refractivity contribution in [3.8, 4) is 5.75 Å². The third-order valence-corrected chi connectivity index (χ3v) is 5.16. The van der Waals surface area contributed by atoms with Gasteiger partial charge in [0.05, 0.1) is 19.3 Å². The molecule has 0 saturated heterocycles.